The van der Waals surface area contributed by atoms with E-state index in [1.807, 2.05) is 34.0 Å². The number of nitrogens with zero attached hydrogens (tertiary/aromatic N) is 2. The van der Waals surface area contributed by atoms with Crippen molar-refractivity contribution in [3.8, 4) is 0 Å². The normalized spacial score (nSPS) is 19.2. The second-order valence-electron chi connectivity index (χ2n) is 1.86. The molecule has 1 aliphatic heterocycles. The molecule has 1 heterocycles. The molecule has 0 unspecified atom stereocenters. The van der Waals surface area contributed by atoms with E-state index in [0.717, 1.165) is 6.67 Å². The molecule has 0 aromatic heterocycles. The Kier molecular flexibility index (Phi) is 4.63. The van der Waals surface area contributed by atoms with Crippen LogP contribution in [0.1, 0.15) is 20.8 Å². The van der Waals surface area contributed by atoms with Crippen LogP contribution in [0.4, 0.5) is 0 Å². The summed E-state index contributed by atoms with van der Waals surface area (Å²) in [5.41, 5.74) is 1.21. The Bertz CT molecular complexity index is 136. The van der Waals surface area contributed by atoms with Gasteiger partial charge in [0.1, 0.15) is 6.67 Å². The third-order valence-electron chi connectivity index (χ3n) is 1.25. The van der Waals surface area contributed by atoms with Gasteiger partial charge in [0.2, 0.25) is 0 Å². The second-order valence-corrected chi connectivity index (χ2v) is 1.86. The predicted molar refractivity (Wildman–Crippen MR) is 46.2 cm³/mol. The fourth-order valence-corrected chi connectivity index (χ4v) is 0.732. The molecule has 0 N–H and O–H groups in total. The highest BCUT2D eigenvalue weighted by molar-refractivity contribution is 5.79. The average Bonchev–Trinajstić information content (AvgIpc) is 2.39. The Labute approximate surface area is 63.3 Å². The molecule has 0 bridgehead atoms. The molecule has 0 saturated heterocycles. The van der Waals surface area contributed by atoms with Gasteiger partial charge in [-0.25, -0.2) is 0 Å². The summed E-state index contributed by atoms with van der Waals surface area (Å²) in [5.74, 6) is 0. The van der Waals surface area contributed by atoms with Gasteiger partial charge in [-0.05, 0) is 6.92 Å². The highest BCUT2D eigenvalue weighted by atomic mass is 15.2. The number of hydrogen-bond acceptors (Lipinski definition) is 2. The third kappa shape index (κ3) is 2.21. The molecule has 0 radical (unpaired) electrons. The number of allylic oxidation sites excluding steroid dienone is 2. The minimum atomic E-state index is 0.819. The van der Waals surface area contributed by atoms with E-state index >= 15 is 0 Å². The van der Waals surface area contributed by atoms with Crippen LogP contribution in [0.2, 0.25) is 0 Å². The molecule has 0 atom stereocenters. The summed E-state index contributed by atoms with van der Waals surface area (Å²) in [5, 5.41) is 0. The van der Waals surface area contributed by atoms with Gasteiger partial charge in [-0.2, -0.15) is 0 Å². The number of rotatable bonds is 0. The SMILES string of the molecule is C/C=C1/C=NCN1C.CC. The van der Waals surface area contributed by atoms with E-state index in [2.05, 4.69) is 16.0 Å². The maximum absolute atomic E-state index is 4.05. The second kappa shape index (κ2) is 5.03. The van der Waals surface area contributed by atoms with Gasteiger partial charge in [0.05, 0.1) is 5.70 Å². The standard InChI is InChI=1S/C6H10N2.C2H6/c1-3-6-4-7-5-8(6)2;1-2/h3-4H,5H2,1-2H3;1-2H3/b6-3-;. The van der Waals surface area contributed by atoms with Crippen LogP contribution in [-0.4, -0.2) is 24.8 Å². The quantitative estimate of drug-likeness (QED) is 0.501. The summed E-state index contributed by atoms with van der Waals surface area (Å²) >= 11 is 0. The Morgan fingerprint density at radius 2 is 2.20 bits per heavy atom. The van der Waals surface area contributed by atoms with E-state index in [1.54, 1.807) is 0 Å². The zero-order valence-corrected chi connectivity index (χ0v) is 7.26. The van der Waals surface area contributed by atoms with E-state index in [4.69, 9.17) is 0 Å². The Morgan fingerprint density at radius 3 is 2.40 bits per heavy atom. The highest BCUT2D eigenvalue weighted by Crippen LogP contribution is 2.03. The van der Waals surface area contributed by atoms with Crippen LogP contribution >= 0.6 is 0 Å². The Balaban J connectivity index is 0.000000371. The molecule has 10 heavy (non-hydrogen) atoms. The first-order valence-corrected chi connectivity index (χ1v) is 3.72. The molecule has 0 saturated carbocycles. The van der Waals surface area contributed by atoms with Crippen LogP contribution in [0.25, 0.3) is 0 Å². The van der Waals surface area contributed by atoms with Crippen molar-refractivity contribution in [1.29, 1.82) is 0 Å². The van der Waals surface area contributed by atoms with E-state index in [1.165, 1.54) is 5.70 Å². The zero-order chi connectivity index (χ0) is 7.98. The monoisotopic (exact) mass is 140 g/mol. The van der Waals surface area contributed by atoms with E-state index in [0.29, 0.717) is 0 Å². The van der Waals surface area contributed by atoms with E-state index < -0.39 is 0 Å². The lowest BCUT2D eigenvalue weighted by Gasteiger charge is -2.08. The largest absolute Gasteiger partial charge is 0.354 e. The van der Waals surface area contributed by atoms with Crippen LogP contribution in [-0.2, 0) is 0 Å². The maximum Gasteiger partial charge on any atom is 0.110 e. The van der Waals surface area contributed by atoms with Gasteiger partial charge in [-0.15, -0.1) is 0 Å². The van der Waals surface area contributed by atoms with Crippen molar-refractivity contribution in [3.05, 3.63) is 11.8 Å². The molecular formula is C8H16N2. The summed E-state index contributed by atoms with van der Waals surface area (Å²) in [4.78, 5) is 6.15. The van der Waals surface area contributed by atoms with E-state index in [-0.39, 0.29) is 0 Å². The molecule has 1 aliphatic rings. The minimum absolute atomic E-state index is 0.819. The van der Waals surface area contributed by atoms with Gasteiger partial charge in [0.25, 0.3) is 0 Å². The maximum atomic E-state index is 4.05. The minimum Gasteiger partial charge on any atom is -0.354 e. The van der Waals surface area contributed by atoms with E-state index in [9.17, 15) is 0 Å². The van der Waals surface area contributed by atoms with Gasteiger partial charge < -0.3 is 4.90 Å². The van der Waals surface area contributed by atoms with Crippen LogP contribution in [0.15, 0.2) is 16.8 Å². The molecule has 0 fully saturated rings. The molecule has 0 amide bonds. The lowest BCUT2D eigenvalue weighted by Crippen LogP contribution is -2.11. The summed E-state index contributed by atoms with van der Waals surface area (Å²) in [6, 6.07) is 0. The summed E-state index contributed by atoms with van der Waals surface area (Å²) < 4.78 is 0. The molecule has 0 spiro atoms. The van der Waals surface area contributed by atoms with Crippen LogP contribution in [0.5, 0.6) is 0 Å². The molecule has 58 valence electrons. The summed E-state index contributed by atoms with van der Waals surface area (Å²) in [7, 11) is 2.03. The number of aliphatic imine (C=N–C) groups is 1. The molecule has 0 aliphatic carbocycles. The van der Waals surface area contributed by atoms with Crippen molar-refractivity contribution >= 4 is 6.21 Å². The summed E-state index contributed by atoms with van der Waals surface area (Å²) in [6.45, 7) is 6.84. The third-order valence-corrected chi connectivity index (χ3v) is 1.25. The molecule has 0 aromatic carbocycles. The number of hydrogen-bond donors (Lipinski definition) is 0. The zero-order valence-electron chi connectivity index (χ0n) is 7.26. The topological polar surface area (TPSA) is 15.6 Å². The van der Waals surface area contributed by atoms with Gasteiger partial charge in [0, 0.05) is 13.3 Å². The predicted octanol–water partition coefficient (Wildman–Crippen LogP) is 1.89. The molecule has 1 rings (SSSR count). The van der Waals surface area contributed by atoms with Crippen molar-refractivity contribution in [2.24, 2.45) is 4.99 Å². The van der Waals surface area contributed by atoms with Crippen LogP contribution < -0.4 is 0 Å². The van der Waals surface area contributed by atoms with Crippen molar-refractivity contribution in [2.75, 3.05) is 13.7 Å². The molecular weight excluding hydrogens is 124 g/mol. The lowest BCUT2D eigenvalue weighted by molar-refractivity contribution is 0.477. The lowest BCUT2D eigenvalue weighted by atomic mass is 10.4. The van der Waals surface area contributed by atoms with Gasteiger partial charge in [-0.3, -0.25) is 4.99 Å². The fourth-order valence-electron chi connectivity index (χ4n) is 0.732. The smallest absolute Gasteiger partial charge is 0.110 e. The van der Waals surface area contributed by atoms with Crippen LogP contribution in [0, 0.1) is 0 Å². The average molecular weight is 140 g/mol. The van der Waals surface area contributed by atoms with Gasteiger partial charge in [-0.1, -0.05) is 19.9 Å². The fraction of sp³-hybridized carbons (Fsp3) is 0.625. The first kappa shape index (κ1) is 9.21. The molecule has 2 nitrogen and oxygen atoms in total. The first-order valence-electron chi connectivity index (χ1n) is 3.72. The van der Waals surface area contributed by atoms with Gasteiger partial charge >= 0.3 is 0 Å². The Hall–Kier alpha value is -0.790. The van der Waals surface area contributed by atoms with Gasteiger partial charge in [0.15, 0.2) is 0 Å². The van der Waals surface area contributed by atoms with Crippen LogP contribution in [0.3, 0.4) is 0 Å². The molecule has 0 aromatic rings. The van der Waals surface area contributed by atoms with Crippen molar-refractivity contribution in [2.45, 2.75) is 20.8 Å². The first-order chi connectivity index (χ1) is 4.84. The summed E-state index contributed by atoms with van der Waals surface area (Å²) in [6.07, 6.45) is 3.94. The highest BCUT2D eigenvalue weighted by Gasteiger charge is 2.03. The molecule has 2 heteroatoms. The van der Waals surface area contributed by atoms with Crippen molar-refractivity contribution in [1.82, 2.24) is 4.90 Å². The van der Waals surface area contributed by atoms with Crippen molar-refractivity contribution in [3.63, 3.8) is 0 Å². The van der Waals surface area contributed by atoms with Crippen molar-refractivity contribution < 1.29 is 0 Å². The Morgan fingerprint density at radius 1 is 1.60 bits per heavy atom.